The molecule has 1 unspecified atom stereocenters. The molecule has 0 heterocycles. The SMILES string of the molecule is Cc1cc(C(O)CCS(C)(=O)=O)cc(C)c1Br. The van der Waals surface area contributed by atoms with Crippen LogP contribution in [-0.2, 0) is 9.84 Å². The molecule has 1 atom stereocenters. The van der Waals surface area contributed by atoms with Crippen molar-refractivity contribution in [1.82, 2.24) is 0 Å². The van der Waals surface area contributed by atoms with Gasteiger partial charge in [-0.1, -0.05) is 28.1 Å². The average Bonchev–Trinajstić information content (AvgIpc) is 2.20. The molecule has 0 aliphatic carbocycles. The summed E-state index contributed by atoms with van der Waals surface area (Å²) >= 11 is 3.46. The van der Waals surface area contributed by atoms with Gasteiger partial charge in [0.1, 0.15) is 9.84 Å². The maximum Gasteiger partial charge on any atom is 0.147 e. The van der Waals surface area contributed by atoms with Gasteiger partial charge in [0, 0.05) is 10.7 Å². The minimum Gasteiger partial charge on any atom is -0.388 e. The molecule has 0 spiro atoms. The molecule has 1 N–H and O–H groups in total. The molecule has 17 heavy (non-hydrogen) atoms. The van der Waals surface area contributed by atoms with Crippen molar-refractivity contribution < 1.29 is 13.5 Å². The molecule has 5 heteroatoms. The Labute approximate surface area is 111 Å². The van der Waals surface area contributed by atoms with Crippen LogP contribution < -0.4 is 0 Å². The summed E-state index contributed by atoms with van der Waals surface area (Å²) in [6.45, 7) is 3.90. The van der Waals surface area contributed by atoms with Crippen molar-refractivity contribution in [2.45, 2.75) is 26.4 Å². The summed E-state index contributed by atoms with van der Waals surface area (Å²) in [4.78, 5) is 0. The molecule has 1 aromatic rings. The number of aliphatic hydroxyl groups is 1. The molecule has 0 radical (unpaired) electrons. The second kappa shape index (κ2) is 5.50. The highest BCUT2D eigenvalue weighted by Crippen LogP contribution is 2.27. The fraction of sp³-hybridized carbons (Fsp3) is 0.500. The van der Waals surface area contributed by atoms with Crippen LogP contribution in [0.3, 0.4) is 0 Å². The Hall–Kier alpha value is -0.390. The molecular formula is C12H17BrO3S. The first-order valence-corrected chi connectivity index (χ1v) is 8.18. The quantitative estimate of drug-likeness (QED) is 0.927. The van der Waals surface area contributed by atoms with E-state index in [-0.39, 0.29) is 12.2 Å². The summed E-state index contributed by atoms with van der Waals surface area (Å²) in [7, 11) is -3.02. The Morgan fingerprint density at radius 3 is 2.18 bits per heavy atom. The van der Waals surface area contributed by atoms with E-state index in [1.165, 1.54) is 6.26 Å². The highest BCUT2D eigenvalue weighted by Gasteiger charge is 2.13. The maximum atomic E-state index is 11.0. The first kappa shape index (κ1) is 14.7. The first-order valence-electron chi connectivity index (χ1n) is 5.33. The van der Waals surface area contributed by atoms with Crippen LogP contribution in [0, 0.1) is 13.8 Å². The predicted octanol–water partition coefficient (Wildman–Crippen LogP) is 2.53. The number of sulfone groups is 1. The summed E-state index contributed by atoms with van der Waals surface area (Å²) in [5, 5.41) is 9.94. The van der Waals surface area contributed by atoms with E-state index in [1.807, 2.05) is 26.0 Å². The second-order valence-electron chi connectivity index (χ2n) is 4.40. The molecule has 96 valence electrons. The summed E-state index contributed by atoms with van der Waals surface area (Å²) in [5.41, 5.74) is 2.85. The van der Waals surface area contributed by atoms with Crippen LogP contribution >= 0.6 is 15.9 Å². The zero-order valence-electron chi connectivity index (χ0n) is 10.2. The van der Waals surface area contributed by atoms with E-state index in [0.29, 0.717) is 0 Å². The molecule has 0 saturated heterocycles. The summed E-state index contributed by atoms with van der Waals surface area (Å²) in [6, 6.07) is 3.76. The van der Waals surface area contributed by atoms with Crippen LogP contribution in [0.1, 0.15) is 29.2 Å². The van der Waals surface area contributed by atoms with Gasteiger partial charge in [0.05, 0.1) is 11.9 Å². The number of benzene rings is 1. The fourth-order valence-corrected chi connectivity index (χ4v) is 2.54. The Bertz CT molecular complexity index is 485. The molecule has 0 fully saturated rings. The van der Waals surface area contributed by atoms with Crippen molar-refractivity contribution in [2.75, 3.05) is 12.0 Å². The lowest BCUT2D eigenvalue weighted by Crippen LogP contribution is -2.08. The third-order valence-electron chi connectivity index (χ3n) is 2.61. The monoisotopic (exact) mass is 320 g/mol. The van der Waals surface area contributed by atoms with Crippen molar-refractivity contribution in [3.8, 4) is 0 Å². The van der Waals surface area contributed by atoms with E-state index >= 15 is 0 Å². The van der Waals surface area contributed by atoms with Crippen molar-refractivity contribution in [3.63, 3.8) is 0 Å². The lowest BCUT2D eigenvalue weighted by Gasteiger charge is -2.13. The summed E-state index contributed by atoms with van der Waals surface area (Å²) in [6.07, 6.45) is 0.687. The molecule has 0 aliphatic rings. The van der Waals surface area contributed by atoms with E-state index < -0.39 is 15.9 Å². The average molecular weight is 321 g/mol. The van der Waals surface area contributed by atoms with E-state index in [9.17, 15) is 13.5 Å². The van der Waals surface area contributed by atoms with Gasteiger partial charge in [0.2, 0.25) is 0 Å². The van der Waals surface area contributed by atoms with Crippen molar-refractivity contribution >= 4 is 25.8 Å². The molecule has 0 bridgehead atoms. The zero-order chi connectivity index (χ0) is 13.2. The first-order chi connectivity index (χ1) is 7.70. The Balaban J connectivity index is 2.86. The van der Waals surface area contributed by atoms with Gasteiger partial charge in [-0.2, -0.15) is 0 Å². The standard InChI is InChI=1S/C12H17BrO3S/c1-8-6-10(7-9(2)12(8)13)11(14)4-5-17(3,15)16/h6-7,11,14H,4-5H2,1-3H3. The lowest BCUT2D eigenvalue weighted by molar-refractivity contribution is 0.174. The van der Waals surface area contributed by atoms with Crippen LogP contribution in [0.2, 0.25) is 0 Å². The van der Waals surface area contributed by atoms with Crippen molar-refractivity contribution in [3.05, 3.63) is 33.3 Å². The number of hydrogen-bond donors (Lipinski definition) is 1. The van der Waals surface area contributed by atoms with Crippen LogP contribution in [0.5, 0.6) is 0 Å². The number of halogens is 1. The van der Waals surface area contributed by atoms with E-state index in [4.69, 9.17) is 0 Å². The molecule has 1 aromatic carbocycles. The highest BCUT2D eigenvalue weighted by atomic mass is 79.9. The van der Waals surface area contributed by atoms with Gasteiger partial charge in [-0.15, -0.1) is 0 Å². The van der Waals surface area contributed by atoms with Crippen LogP contribution in [0.25, 0.3) is 0 Å². The van der Waals surface area contributed by atoms with Gasteiger partial charge in [0.15, 0.2) is 0 Å². The second-order valence-corrected chi connectivity index (χ2v) is 7.46. The van der Waals surface area contributed by atoms with Gasteiger partial charge in [-0.3, -0.25) is 0 Å². The summed E-state index contributed by atoms with van der Waals surface area (Å²) < 4.78 is 23.1. The van der Waals surface area contributed by atoms with Gasteiger partial charge in [0.25, 0.3) is 0 Å². The fourth-order valence-electron chi connectivity index (χ4n) is 1.66. The van der Waals surface area contributed by atoms with E-state index in [2.05, 4.69) is 15.9 Å². The topological polar surface area (TPSA) is 54.4 Å². The third kappa shape index (κ3) is 4.41. The molecule has 0 aromatic heterocycles. The lowest BCUT2D eigenvalue weighted by atomic mass is 10.0. The van der Waals surface area contributed by atoms with Crippen molar-refractivity contribution in [2.24, 2.45) is 0 Å². The number of aryl methyl sites for hydroxylation is 2. The van der Waals surface area contributed by atoms with Crippen molar-refractivity contribution in [1.29, 1.82) is 0 Å². The van der Waals surface area contributed by atoms with Gasteiger partial charge >= 0.3 is 0 Å². The minimum absolute atomic E-state index is 0.00231. The molecule has 0 saturated carbocycles. The highest BCUT2D eigenvalue weighted by molar-refractivity contribution is 9.10. The van der Waals surface area contributed by atoms with Crippen LogP contribution in [0.15, 0.2) is 16.6 Å². The molecule has 3 nitrogen and oxygen atoms in total. The summed E-state index contributed by atoms with van der Waals surface area (Å²) in [5.74, 6) is 0.00231. The molecular weight excluding hydrogens is 304 g/mol. The maximum absolute atomic E-state index is 11.0. The minimum atomic E-state index is -3.02. The largest absolute Gasteiger partial charge is 0.388 e. The number of rotatable bonds is 4. The van der Waals surface area contributed by atoms with Crippen LogP contribution in [-0.4, -0.2) is 25.5 Å². The zero-order valence-corrected chi connectivity index (χ0v) is 12.6. The predicted molar refractivity (Wildman–Crippen MR) is 72.9 cm³/mol. The van der Waals surface area contributed by atoms with Gasteiger partial charge in [-0.25, -0.2) is 8.42 Å². The molecule has 0 aliphatic heterocycles. The Morgan fingerprint density at radius 1 is 1.29 bits per heavy atom. The van der Waals surface area contributed by atoms with Crippen LogP contribution in [0.4, 0.5) is 0 Å². The molecule has 1 rings (SSSR count). The Kier molecular flexibility index (Phi) is 4.75. The normalized spacial score (nSPS) is 13.7. The smallest absolute Gasteiger partial charge is 0.147 e. The van der Waals surface area contributed by atoms with E-state index in [0.717, 1.165) is 21.2 Å². The Morgan fingerprint density at radius 2 is 1.76 bits per heavy atom. The van der Waals surface area contributed by atoms with E-state index in [1.54, 1.807) is 0 Å². The van der Waals surface area contributed by atoms with Gasteiger partial charge in [-0.05, 0) is 37.0 Å². The number of aliphatic hydroxyl groups excluding tert-OH is 1. The third-order valence-corrected chi connectivity index (χ3v) is 4.83. The number of hydrogen-bond acceptors (Lipinski definition) is 3. The van der Waals surface area contributed by atoms with Gasteiger partial charge < -0.3 is 5.11 Å². The molecule has 0 amide bonds.